The maximum atomic E-state index is 13.3. The van der Waals surface area contributed by atoms with Crippen LogP contribution in [0.3, 0.4) is 0 Å². The van der Waals surface area contributed by atoms with Crippen molar-refractivity contribution in [3.8, 4) is 0 Å². The average molecular weight is 519 g/mol. The van der Waals surface area contributed by atoms with Gasteiger partial charge < -0.3 is 15.1 Å². The van der Waals surface area contributed by atoms with E-state index in [0.717, 1.165) is 44.6 Å². The highest BCUT2D eigenvalue weighted by atomic mass is 19.4. The van der Waals surface area contributed by atoms with E-state index in [1.807, 2.05) is 30.1 Å². The third kappa shape index (κ3) is 6.72. The zero-order chi connectivity index (χ0) is 26.6. The molecule has 1 saturated heterocycles. The smallest absolute Gasteiger partial charge is 0.382 e. The van der Waals surface area contributed by atoms with E-state index in [2.05, 4.69) is 22.3 Å². The SMILES string of the molecule is CN(CC1CCN(c2ccccc2)CC1)C(=O)[C@H]1CC[C@H](Nc2ccc([N+](=O)[O-])c(C(F)(F)F)c2)CC1. The number of carbonyl (C=O) groups excluding carboxylic acids is 1. The second kappa shape index (κ2) is 11.4. The van der Waals surface area contributed by atoms with E-state index in [9.17, 15) is 28.1 Å². The van der Waals surface area contributed by atoms with Gasteiger partial charge in [0.05, 0.1) is 4.92 Å². The number of nitrogens with one attached hydrogen (secondary N) is 1. The van der Waals surface area contributed by atoms with Crippen LogP contribution in [0.15, 0.2) is 48.5 Å². The van der Waals surface area contributed by atoms with E-state index in [4.69, 9.17) is 0 Å². The lowest BCUT2D eigenvalue weighted by atomic mass is 9.84. The first-order valence-electron chi connectivity index (χ1n) is 12.8. The molecule has 0 radical (unpaired) electrons. The Morgan fingerprint density at radius 2 is 1.70 bits per heavy atom. The largest absolute Gasteiger partial charge is 0.423 e. The third-order valence-corrected chi connectivity index (χ3v) is 7.59. The monoisotopic (exact) mass is 518 g/mol. The number of nitro groups is 1. The van der Waals surface area contributed by atoms with Crippen molar-refractivity contribution in [1.29, 1.82) is 0 Å². The summed E-state index contributed by atoms with van der Waals surface area (Å²) in [5.74, 6) is 0.519. The van der Waals surface area contributed by atoms with Gasteiger partial charge in [0, 0.05) is 56.1 Å². The highest BCUT2D eigenvalue weighted by Crippen LogP contribution is 2.38. The fourth-order valence-electron chi connectivity index (χ4n) is 5.53. The van der Waals surface area contributed by atoms with E-state index in [0.29, 0.717) is 31.6 Å². The summed E-state index contributed by atoms with van der Waals surface area (Å²) in [4.78, 5) is 27.3. The van der Waals surface area contributed by atoms with Crippen LogP contribution in [-0.4, -0.2) is 48.5 Å². The van der Waals surface area contributed by atoms with Crippen LogP contribution < -0.4 is 10.2 Å². The molecule has 1 aliphatic carbocycles. The Bertz CT molecular complexity index is 1080. The van der Waals surface area contributed by atoms with E-state index >= 15 is 0 Å². The molecule has 0 unspecified atom stereocenters. The molecule has 1 N–H and O–H groups in total. The molecule has 1 heterocycles. The predicted molar refractivity (Wildman–Crippen MR) is 136 cm³/mol. The van der Waals surface area contributed by atoms with Gasteiger partial charge in [-0.3, -0.25) is 14.9 Å². The minimum absolute atomic E-state index is 0.0841. The molecule has 2 fully saturated rings. The number of alkyl halides is 3. The van der Waals surface area contributed by atoms with Crippen LogP contribution in [0, 0.1) is 22.0 Å². The van der Waals surface area contributed by atoms with Gasteiger partial charge in [0.1, 0.15) is 5.56 Å². The molecule has 2 aromatic carbocycles. The van der Waals surface area contributed by atoms with Crippen LogP contribution in [0.5, 0.6) is 0 Å². The third-order valence-electron chi connectivity index (χ3n) is 7.59. The lowest BCUT2D eigenvalue weighted by molar-refractivity contribution is -0.388. The van der Waals surface area contributed by atoms with Crippen LogP contribution in [0.4, 0.5) is 30.2 Å². The van der Waals surface area contributed by atoms with Crippen LogP contribution in [0.25, 0.3) is 0 Å². The number of anilines is 2. The molecule has 1 amide bonds. The van der Waals surface area contributed by atoms with Crippen molar-refractivity contribution < 1.29 is 22.9 Å². The number of hydrogen-bond acceptors (Lipinski definition) is 5. The molecular formula is C27H33F3N4O3. The molecule has 2 aromatic rings. The summed E-state index contributed by atoms with van der Waals surface area (Å²) in [6, 6.07) is 13.3. The standard InChI is InChI=1S/C27H33F3N4O3/c1-32(18-19-13-15-33(16-14-19)23-5-3-2-4-6-23)26(35)20-7-9-21(10-8-20)31-22-11-12-25(34(36)37)24(17-22)27(28,29)30/h2-6,11-12,17,19-21,31H,7-10,13-16,18H2,1H3/t20-,21-. The van der Waals surface area contributed by atoms with E-state index in [-0.39, 0.29) is 23.6 Å². The Hall–Kier alpha value is -3.30. The fourth-order valence-corrected chi connectivity index (χ4v) is 5.53. The van der Waals surface area contributed by atoms with Crippen molar-refractivity contribution in [2.24, 2.45) is 11.8 Å². The highest BCUT2D eigenvalue weighted by Gasteiger charge is 2.38. The molecule has 200 valence electrons. The van der Waals surface area contributed by atoms with Gasteiger partial charge >= 0.3 is 6.18 Å². The average Bonchev–Trinajstić information content (AvgIpc) is 2.89. The minimum atomic E-state index is -4.81. The lowest BCUT2D eigenvalue weighted by Crippen LogP contribution is -2.42. The minimum Gasteiger partial charge on any atom is -0.382 e. The van der Waals surface area contributed by atoms with Gasteiger partial charge in [-0.1, -0.05) is 18.2 Å². The zero-order valence-corrected chi connectivity index (χ0v) is 20.9. The molecule has 1 saturated carbocycles. The van der Waals surface area contributed by atoms with Gasteiger partial charge in [-0.15, -0.1) is 0 Å². The van der Waals surface area contributed by atoms with Crippen molar-refractivity contribution in [2.45, 2.75) is 50.7 Å². The van der Waals surface area contributed by atoms with Gasteiger partial charge in [-0.05, 0) is 68.7 Å². The number of benzene rings is 2. The van der Waals surface area contributed by atoms with Gasteiger partial charge in [-0.2, -0.15) is 13.2 Å². The van der Waals surface area contributed by atoms with Crippen molar-refractivity contribution >= 4 is 23.0 Å². The number of nitro benzene ring substituents is 1. The number of carbonyl (C=O) groups is 1. The van der Waals surface area contributed by atoms with E-state index in [1.54, 1.807) is 0 Å². The number of rotatable bonds is 7. The molecule has 7 nitrogen and oxygen atoms in total. The number of para-hydroxylation sites is 1. The van der Waals surface area contributed by atoms with Gasteiger partial charge in [0.2, 0.25) is 5.91 Å². The molecule has 0 atom stereocenters. The number of hydrogen-bond donors (Lipinski definition) is 1. The Balaban J connectivity index is 1.24. The Morgan fingerprint density at radius 3 is 2.30 bits per heavy atom. The van der Waals surface area contributed by atoms with E-state index < -0.39 is 22.4 Å². The van der Waals surface area contributed by atoms with Crippen LogP contribution in [0.1, 0.15) is 44.1 Å². The Morgan fingerprint density at radius 1 is 1.05 bits per heavy atom. The number of halogens is 3. The topological polar surface area (TPSA) is 78.7 Å². The second-order valence-corrected chi connectivity index (χ2v) is 10.2. The maximum Gasteiger partial charge on any atom is 0.423 e. The first-order valence-corrected chi connectivity index (χ1v) is 12.8. The summed E-state index contributed by atoms with van der Waals surface area (Å²) < 4.78 is 39.8. The molecule has 4 rings (SSSR count). The molecule has 0 bridgehead atoms. The highest BCUT2D eigenvalue weighted by molar-refractivity contribution is 5.78. The number of piperidine rings is 1. The fraction of sp³-hybridized carbons (Fsp3) is 0.519. The summed E-state index contributed by atoms with van der Waals surface area (Å²) in [5.41, 5.74) is -0.783. The number of amides is 1. The summed E-state index contributed by atoms with van der Waals surface area (Å²) >= 11 is 0. The van der Waals surface area contributed by atoms with Crippen molar-refractivity contribution in [3.05, 3.63) is 64.2 Å². The lowest BCUT2D eigenvalue weighted by Gasteiger charge is -2.36. The molecule has 10 heteroatoms. The number of nitrogens with zero attached hydrogens (tertiary/aromatic N) is 3. The zero-order valence-electron chi connectivity index (χ0n) is 20.9. The van der Waals surface area contributed by atoms with Crippen LogP contribution >= 0.6 is 0 Å². The Labute approximate surface area is 214 Å². The quantitative estimate of drug-likeness (QED) is 0.362. The van der Waals surface area contributed by atoms with Crippen molar-refractivity contribution in [1.82, 2.24) is 4.90 Å². The van der Waals surface area contributed by atoms with Gasteiger partial charge in [0.25, 0.3) is 5.69 Å². The summed E-state index contributed by atoms with van der Waals surface area (Å²) in [7, 11) is 1.87. The normalized spacial score (nSPS) is 20.9. The molecule has 1 aliphatic heterocycles. The first-order chi connectivity index (χ1) is 17.6. The van der Waals surface area contributed by atoms with Crippen molar-refractivity contribution in [3.63, 3.8) is 0 Å². The predicted octanol–water partition coefficient (Wildman–Crippen LogP) is 5.96. The molecular weight excluding hydrogens is 485 g/mol. The first kappa shape index (κ1) is 26.8. The van der Waals surface area contributed by atoms with Crippen molar-refractivity contribution in [2.75, 3.05) is 36.9 Å². The molecule has 0 spiro atoms. The molecule has 2 aliphatic rings. The molecule has 37 heavy (non-hydrogen) atoms. The maximum absolute atomic E-state index is 13.3. The Kier molecular flexibility index (Phi) is 8.24. The van der Waals surface area contributed by atoms with E-state index in [1.165, 1.54) is 11.8 Å². The van der Waals surface area contributed by atoms with Gasteiger partial charge in [-0.25, -0.2) is 0 Å². The van der Waals surface area contributed by atoms with Gasteiger partial charge in [0.15, 0.2) is 0 Å². The summed E-state index contributed by atoms with van der Waals surface area (Å²) in [5, 5.41) is 14.1. The summed E-state index contributed by atoms with van der Waals surface area (Å²) in [6.07, 6.45) is -0.113. The van der Waals surface area contributed by atoms with Crippen LogP contribution in [-0.2, 0) is 11.0 Å². The summed E-state index contributed by atoms with van der Waals surface area (Å²) in [6.45, 7) is 2.70. The van der Waals surface area contributed by atoms with Crippen LogP contribution in [0.2, 0.25) is 0 Å². The second-order valence-electron chi connectivity index (χ2n) is 10.2. The molecule has 0 aromatic heterocycles.